The van der Waals surface area contributed by atoms with Crippen LogP contribution in [0.5, 0.6) is 0 Å². The minimum Gasteiger partial charge on any atom is -0.478 e. The third-order valence-corrected chi connectivity index (χ3v) is 4.50. The van der Waals surface area contributed by atoms with Gasteiger partial charge >= 0.3 is 5.97 Å². The number of nitrogens with zero attached hydrogens (tertiary/aromatic N) is 4. The van der Waals surface area contributed by atoms with Gasteiger partial charge in [-0.15, -0.1) is 5.10 Å². The predicted octanol–water partition coefficient (Wildman–Crippen LogP) is 1.86. The van der Waals surface area contributed by atoms with E-state index < -0.39 is 5.97 Å². The predicted molar refractivity (Wildman–Crippen MR) is 79.3 cm³/mol. The number of fused-ring (bicyclic) bond motifs is 1. The molecule has 1 fully saturated rings. The van der Waals surface area contributed by atoms with Crippen molar-refractivity contribution in [2.75, 3.05) is 20.1 Å². The van der Waals surface area contributed by atoms with Crippen molar-refractivity contribution in [3.05, 3.63) is 23.8 Å². The molecule has 0 aliphatic carbocycles. The monoisotopic (exact) mass is 288 g/mol. The number of piperidine rings is 1. The van der Waals surface area contributed by atoms with E-state index in [1.807, 2.05) is 10.7 Å². The highest BCUT2D eigenvalue weighted by Gasteiger charge is 2.30. The van der Waals surface area contributed by atoms with Gasteiger partial charge in [0.2, 0.25) is 0 Å². The first-order valence-corrected chi connectivity index (χ1v) is 7.23. The van der Waals surface area contributed by atoms with Crippen LogP contribution in [0, 0.1) is 5.41 Å². The van der Waals surface area contributed by atoms with E-state index in [2.05, 4.69) is 29.2 Å². The molecule has 112 valence electrons. The molecule has 0 saturated carbocycles. The van der Waals surface area contributed by atoms with Gasteiger partial charge in [-0.05, 0) is 50.5 Å². The summed E-state index contributed by atoms with van der Waals surface area (Å²) in [6.45, 7) is 5.22. The Balaban J connectivity index is 1.91. The molecule has 0 atom stereocenters. The fourth-order valence-electron chi connectivity index (χ4n) is 2.96. The van der Waals surface area contributed by atoms with Crippen LogP contribution >= 0.6 is 0 Å². The first kappa shape index (κ1) is 14.0. The minimum absolute atomic E-state index is 0.187. The molecule has 1 aliphatic rings. The van der Waals surface area contributed by atoms with Gasteiger partial charge in [0.05, 0.1) is 11.1 Å². The van der Waals surface area contributed by atoms with Crippen LogP contribution in [-0.2, 0) is 6.54 Å². The van der Waals surface area contributed by atoms with Crippen molar-refractivity contribution < 1.29 is 9.90 Å². The Morgan fingerprint density at radius 3 is 2.76 bits per heavy atom. The van der Waals surface area contributed by atoms with E-state index in [0.717, 1.165) is 38.0 Å². The zero-order valence-electron chi connectivity index (χ0n) is 12.4. The summed E-state index contributed by atoms with van der Waals surface area (Å²) in [5.74, 6) is -0.960. The summed E-state index contributed by atoms with van der Waals surface area (Å²) in [6.07, 6.45) is 2.23. The molecule has 1 saturated heterocycles. The molecule has 0 radical (unpaired) electrons. The molecule has 6 heteroatoms. The second-order valence-electron chi connectivity index (χ2n) is 6.34. The summed E-state index contributed by atoms with van der Waals surface area (Å²) in [5, 5.41) is 17.5. The van der Waals surface area contributed by atoms with Gasteiger partial charge in [0.25, 0.3) is 0 Å². The Hall–Kier alpha value is -1.95. The molecule has 1 N–H and O–H groups in total. The number of carbonyl (C=O) groups is 1. The standard InChI is InChI=1S/C15H20N4O2/c1-15(6-8-18(2)9-7-15)10-19-12-5-3-4-11(14(20)21)13(12)16-17-19/h3-5H,6-10H2,1-2H3,(H,20,21). The molecule has 2 aromatic rings. The maximum Gasteiger partial charge on any atom is 0.338 e. The second-order valence-corrected chi connectivity index (χ2v) is 6.34. The maximum atomic E-state index is 11.2. The van der Waals surface area contributed by atoms with Crippen LogP contribution in [0.4, 0.5) is 0 Å². The topological polar surface area (TPSA) is 71.2 Å². The van der Waals surface area contributed by atoms with Crippen molar-refractivity contribution in [2.24, 2.45) is 5.41 Å². The number of carboxylic acid groups (broad SMARTS) is 1. The fourth-order valence-corrected chi connectivity index (χ4v) is 2.96. The van der Waals surface area contributed by atoms with Crippen LogP contribution in [0.25, 0.3) is 11.0 Å². The van der Waals surface area contributed by atoms with Gasteiger partial charge in [-0.3, -0.25) is 0 Å². The normalized spacial score (nSPS) is 19.0. The highest BCUT2D eigenvalue weighted by Crippen LogP contribution is 2.33. The van der Waals surface area contributed by atoms with Gasteiger partial charge in [-0.2, -0.15) is 0 Å². The zero-order chi connectivity index (χ0) is 15.0. The third-order valence-electron chi connectivity index (χ3n) is 4.50. The van der Waals surface area contributed by atoms with Crippen molar-refractivity contribution in [2.45, 2.75) is 26.3 Å². The number of benzene rings is 1. The molecule has 0 bridgehead atoms. The highest BCUT2D eigenvalue weighted by molar-refractivity contribution is 6.00. The number of hydrogen-bond donors (Lipinski definition) is 1. The lowest BCUT2D eigenvalue weighted by Gasteiger charge is -2.37. The Kier molecular flexibility index (Phi) is 3.41. The number of likely N-dealkylation sites (tertiary alicyclic amines) is 1. The number of rotatable bonds is 3. The molecule has 0 unspecified atom stereocenters. The van der Waals surface area contributed by atoms with Gasteiger partial charge in [-0.25, -0.2) is 9.48 Å². The molecular weight excluding hydrogens is 268 g/mol. The molecule has 0 spiro atoms. The number of aromatic carboxylic acids is 1. The van der Waals surface area contributed by atoms with Crippen LogP contribution in [-0.4, -0.2) is 51.1 Å². The van der Waals surface area contributed by atoms with Gasteiger partial charge in [0.15, 0.2) is 0 Å². The first-order chi connectivity index (χ1) is 9.98. The lowest BCUT2D eigenvalue weighted by molar-refractivity contribution is 0.0699. The maximum absolute atomic E-state index is 11.2. The van der Waals surface area contributed by atoms with Crippen molar-refractivity contribution in [3.63, 3.8) is 0 Å². The molecule has 1 aromatic carbocycles. The molecule has 21 heavy (non-hydrogen) atoms. The van der Waals surface area contributed by atoms with E-state index in [1.54, 1.807) is 12.1 Å². The van der Waals surface area contributed by atoms with Crippen molar-refractivity contribution >= 4 is 17.0 Å². The van der Waals surface area contributed by atoms with E-state index in [4.69, 9.17) is 0 Å². The van der Waals surface area contributed by atoms with Gasteiger partial charge in [-0.1, -0.05) is 18.2 Å². The average Bonchev–Trinajstić information content (AvgIpc) is 2.85. The molecule has 0 amide bonds. The van der Waals surface area contributed by atoms with E-state index >= 15 is 0 Å². The van der Waals surface area contributed by atoms with Crippen LogP contribution < -0.4 is 0 Å². The van der Waals surface area contributed by atoms with Crippen LogP contribution in [0.3, 0.4) is 0 Å². The summed E-state index contributed by atoms with van der Waals surface area (Å²) < 4.78 is 1.85. The molecule has 3 rings (SSSR count). The lowest BCUT2D eigenvalue weighted by Crippen LogP contribution is -2.38. The molecule has 1 aromatic heterocycles. The summed E-state index contributed by atoms with van der Waals surface area (Å²) in [6, 6.07) is 5.21. The van der Waals surface area contributed by atoms with Gasteiger partial charge in [0, 0.05) is 6.54 Å². The average molecular weight is 288 g/mol. The highest BCUT2D eigenvalue weighted by atomic mass is 16.4. The van der Waals surface area contributed by atoms with E-state index in [0.29, 0.717) is 5.52 Å². The Bertz CT molecular complexity index is 671. The van der Waals surface area contributed by atoms with Gasteiger partial charge in [0.1, 0.15) is 5.52 Å². The van der Waals surface area contributed by atoms with E-state index in [-0.39, 0.29) is 11.0 Å². The quantitative estimate of drug-likeness (QED) is 0.933. The lowest BCUT2D eigenvalue weighted by atomic mass is 9.80. The summed E-state index contributed by atoms with van der Waals surface area (Å²) >= 11 is 0. The van der Waals surface area contributed by atoms with Crippen LogP contribution in [0.2, 0.25) is 0 Å². The molecule has 1 aliphatic heterocycles. The number of carboxylic acids is 1. The van der Waals surface area contributed by atoms with Crippen LogP contribution in [0.1, 0.15) is 30.1 Å². The fraction of sp³-hybridized carbons (Fsp3) is 0.533. The second kappa shape index (κ2) is 5.11. The smallest absolute Gasteiger partial charge is 0.338 e. The van der Waals surface area contributed by atoms with Crippen molar-refractivity contribution in [1.82, 2.24) is 19.9 Å². The van der Waals surface area contributed by atoms with E-state index in [1.165, 1.54) is 0 Å². The Morgan fingerprint density at radius 2 is 2.10 bits per heavy atom. The SMILES string of the molecule is CN1CCC(C)(Cn2nnc3c(C(=O)O)cccc32)CC1. The molecule has 2 heterocycles. The minimum atomic E-state index is -0.960. The van der Waals surface area contributed by atoms with Crippen molar-refractivity contribution in [1.29, 1.82) is 0 Å². The summed E-state index contributed by atoms with van der Waals surface area (Å²) in [5.41, 5.74) is 1.68. The third kappa shape index (κ3) is 2.63. The van der Waals surface area contributed by atoms with Crippen molar-refractivity contribution in [3.8, 4) is 0 Å². The Morgan fingerprint density at radius 1 is 1.38 bits per heavy atom. The summed E-state index contributed by atoms with van der Waals surface area (Å²) in [7, 11) is 2.14. The molecule has 6 nitrogen and oxygen atoms in total. The first-order valence-electron chi connectivity index (χ1n) is 7.23. The zero-order valence-corrected chi connectivity index (χ0v) is 12.4. The largest absolute Gasteiger partial charge is 0.478 e. The van der Waals surface area contributed by atoms with E-state index in [9.17, 15) is 9.90 Å². The number of aromatic nitrogens is 3. The number of hydrogen-bond acceptors (Lipinski definition) is 4. The summed E-state index contributed by atoms with van der Waals surface area (Å²) in [4.78, 5) is 13.6. The van der Waals surface area contributed by atoms with Crippen LogP contribution in [0.15, 0.2) is 18.2 Å². The molecular formula is C15H20N4O2. The Labute approximate surface area is 123 Å². The van der Waals surface area contributed by atoms with Gasteiger partial charge < -0.3 is 10.0 Å².